The maximum absolute atomic E-state index is 13.3. The molecule has 1 aliphatic carbocycles. The van der Waals surface area contributed by atoms with Crippen LogP contribution in [0.15, 0.2) is 36.4 Å². The zero-order valence-corrected chi connectivity index (χ0v) is 11.0. The van der Waals surface area contributed by atoms with Crippen LogP contribution in [0.5, 0.6) is 0 Å². The molecular formula is C15H16FNO3. The first-order valence-corrected chi connectivity index (χ1v) is 6.53. The molecule has 0 heterocycles. The molecule has 1 atom stereocenters. The third-order valence-corrected chi connectivity index (χ3v) is 3.10. The van der Waals surface area contributed by atoms with Gasteiger partial charge in [0.1, 0.15) is 5.82 Å². The second-order valence-electron chi connectivity index (χ2n) is 4.62. The van der Waals surface area contributed by atoms with Crippen LogP contribution in [-0.2, 0) is 14.3 Å². The van der Waals surface area contributed by atoms with Gasteiger partial charge >= 0.3 is 5.97 Å². The second kappa shape index (κ2) is 6.84. The number of rotatable bonds is 4. The van der Waals surface area contributed by atoms with Gasteiger partial charge in [-0.25, -0.2) is 4.39 Å². The Morgan fingerprint density at radius 1 is 1.30 bits per heavy atom. The number of halogens is 1. The van der Waals surface area contributed by atoms with Crippen molar-refractivity contribution < 1.29 is 18.7 Å². The fourth-order valence-corrected chi connectivity index (χ4v) is 2.01. The van der Waals surface area contributed by atoms with Crippen LogP contribution in [0.1, 0.15) is 19.3 Å². The molecule has 0 bridgehead atoms. The van der Waals surface area contributed by atoms with E-state index in [4.69, 9.17) is 4.74 Å². The van der Waals surface area contributed by atoms with E-state index >= 15 is 0 Å². The number of nitrogens with one attached hydrogen (secondary N) is 1. The van der Waals surface area contributed by atoms with Crippen LogP contribution < -0.4 is 5.32 Å². The lowest BCUT2D eigenvalue weighted by Crippen LogP contribution is -2.25. The van der Waals surface area contributed by atoms with E-state index in [1.165, 1.54) is 18.2 Å². The first-order chi connectivity index (χ1) is 9.66. The van der Waals surface area contributed by atoms with Gasteiger partial charge in [0.05, 0.1) is 11.6 Å². The Hall–Kier alpha value is -2.17. The molecule has 5 heteroatoms. The van der Waals surface area contributed by atoms with Crippen LogP contribution >= 0.6 is 0 Å². The van der Waals surface area contributed by atoms with Crippen molar-refractivity contribution in [2.75, 3.05) is 11.9 Å². The van der Waals surface area contributed by atoms with Gasteiger partial charge in [-0.05, 0) is 31.4 Å². The predicted molar refractivity (Wildman–Crippen MR) is 72.5 cm³/mol. The summed E-state index contributed by atoms with van der Waals surface area (Å²) in [5.74, 6) is -1.63. The van der Waals surface area contributed by atoms with E-state index in [0.717, 1.165) is 12.8 Å². The summed E-state index contributed by atoms with van der Waals surface area (Å²) < 4.78 is 18.3. The van der Waals surface area contributed by atoms with Crippen molar-refractivity contribution in [3.63, 3.8) is 0 Å². The fourth-order valence-electron chi connectivity index (χ4n) is 2.01. The lowest BCUT2D eigenvalue weighted by molar-refractivity contribution is -0.151. The van der Waals surface area contributed by atoms with E-state index in [9.17, 15) is 14.0 Å². The molecule has 0 fully saturated rings. The Labute approximate surface area is 116 Å². The first-order valence-electron chi connectivity index (χ1n) is 6.53. The Bertz CT molecular complexity index is 528. The summed E-state index contributed by atoms with van der Waals surface area (Å²) in [7, 11) is 0. The van der Waals surface area contributed by atoms with Gasteiger partial charge in [-0.3, -0.25) is 9.59 Å². The summed E-state index contributed by atoms with van der Waals surface area (Å²) in [5, 5.41) is 2.36. The highest BCUT2D eigenvalue weighted by Crippen LogP contribution is 2.19. The van der Waals surface area contributed by atoms with Crippen molar-refractivity contribution in [2.24, 2.45) is 5.92 Å². The molecule has 1 amide bonds. The average Bonchev–Trinajstić information content (AvgIpc) is 2.48. The number of anilines is 1. The number of amides is 1. The minimum absolute atomic E-state index is 0.0779. The number of para-hydroxylation sites is 1. The molecule has 1 aromatic carbocycles. The Balaban J connectivity index is 1.79. The zero-order chi connectivity index (χ0) is 14.4. The van der Waals surface area contributed by atoms with Gasteiger partial charge in [0.15, 0.2) is 6.61 Å². The Morgan fingerprint density at radius 3 is 2.80 bits per heavy atom. The van der Waals surface area contributed by atoms with Crippen molar-refractivity contribution in [1.82, 2.24) is 0 Å². The summed E-state index contributed by atoms with van der Waals surface area (Å²) in [4.78, 5) is 23.3. The highest BCUT2D eigenvalue weighted by molar-refractivity contribution is 5.93. The van der Waals surface area contributed by atoms with E-state index in [-0.39, 0.29) is 17.6 Å². The minimum atomic E-state index is -0.546. The summed E-state index contributed by atoms with van der Waals surface area (Å²) in [6.45, 7) is -0.395. The highest BCUT2D eigenvalue weighted by atomic mass is 19.1. The van der Waals surface area contributed by atoms with Gasteiger partial charge < -0.3 is 10.1 Å². The topological polar surface area (TPSA) is 55.4 Å². The van der Waals surface area contributed by atoms with Crippen LogP contribution in [0.3, 0.4) is 0 Å². The normalized spacial score (nSPS) is 17.6. The number of carbonyl (C=O) groups excluding carboxylic acids is 2. The summed E-state index contributed by atoms with van der Waals surface area (Å²) >= 11 is 0. The van der Waals surface area contributed by atoms with Gasteiger partial charge in [0.2, 0.25) is 0 Å². The minimum Gasteiger partial charge on any atom is -0.455 e. The molecule has 0 spiro atoms. The van der Waals surface area contributed by atoms with Gasteiger partial charge in [-0.15, -0.1) is 0 Å². The van der Waals surface area contributed by atoms with Crippen LogP contribution in [0.25, 0.3) is 0 Å². The summed E-state index contributed by atoms with van der Waals surface area (Å²) in [6, 6.07) is 5.83. The molecule has 20 heavy (non-hydrogen) atoms. The fraction of sp³-hybridized carbons (Fsp3) is 0.333. The van der Waals surface area contributed by atoms with Crippen molar-refractivity contribution >= 4 is 17.6 Å². The average molecular weight is 277 g/mol. The number of hydrogen-bond acceptors (Lipinski definition) is 3. The molecule has 1 aliphatic rings. The molecule has 106 valence electrons. The van der Waals surface area contributed by atoms with E-state index in [1.807, 2.05) is 12.2 Å². The lowest BCUT2D eigenvalue weighted by atomic mass is 9.95. The summed E-state index contributed by atoms with van der Waals surface area (Å²) in [5.41, 5.74) is 0.0779. The van der Waals surface area contributed by atoms with Crippen LogP contribution in [0.4, 0.5) is 10.1 Å². The number of hydrogen-bond donors (Lipinski definition) is 1. The molecule has 0 radical (unpaired) electrons. The number of benzene rings is 1. The smallest absolute Gasteiger partial charge is 0.309 e. The number of ether oxygens (including phenoxy) is 1. The van der Waals surface area contributed by atoms with Crippen LogP contribution in [0.2, 0.25) is 0 Å². The maximum Gasteiger partial charge on any atom is 0.309 e. The summed E-state index contributed by atoms with van der Waals surface area (Å²) in [6.07, 6.45) is 6.20. The van der Waals surface area contributed by atoms with Crippen molar-refractivity contribution in [3.05, 3.63) is 42.2 Å². The van der Waals surface area contributed by atoms with Gasteiger partial charge in [-0.1, -0.05) is 24.3 Å². The number of esters is 1. The van der Waals surface area contributed by atoms with Crippen molar-refractivity contribution in [2.45, 2.75) is 19.3 Å². The van der Waals surface area contributed by atoms with Crippen molar-refractivity contribution in [1.29, 1.82) is 0 Å². The zero-order valence-electron chi connectivity index (χ0n) is 11.0. The number of carbonyl (C=O) groups is 2. The highest BCUT2D eigenvalue weighted by Gasteiger charge is 2.21. The molecule has 1 aromatic rings. The first kappa shape index (κ1) is 14.2. The predicted octanol–water partition coefficient (Wildman–Crippen LogP) is 2.66. The standard InChI is InChI=1S/C15H16FNO3/c16-12-8-4-5-9-13(12)17-14(18)10-20-15(19)11-6-2-1-3-7-11/h1-2,4-5,8-9,11H,3,6-7,10H2,(H,17,18)/t11-/m0/s1. The van der Waals surface area contributed by atoms with Gasteiger partial charge in [0, 0.05) is 0 Å². The Morgan fingerprint density at radius 2 is 2.10 bits per heavy atom. The molecule has 0 aliphatic heterocycles. The molecule has 0 saturated heterocycles. The molecule has 0 unspecified atom stereocenters. The van der Waals surface area contributed by atoms with Gasteiger partial charge in [0.25, 0.3) is 5.91 Å². The van der Waals surface area contributed by atoms with E-state index in [2.05, 4.69) is 5.32 Å². The third-order valence-electron chi connectivity index (χ3n) is 3.10. The van der Waals surface area contributed by atoms with E-state index in [1.54, 1.807) is 6.07 Å². The van der Waals surface area contributed by atoms with Crippen LogP contribution in [-0.4, -0.2) is 18.5 Å². The lowest BCUT2D eigenvalue weighted by Gasteiger charge is -2.16. The van der Waals surface area contributed by atoms with Crippen LogP contribution in [0, 0.1) is 11.7 Å². The maximum atomic E-state index is 13.3. The van der Waals surface area contributed by atoms with Gasteiger partial charge in [-0.2, -0.15) is 0 Å². The second-order valence-corrected chi connectivity index (χ2v) is 4.62. The van der Waals surface area contributed by atoms with E-state index < -0.39 is 18.3 Å². The molecule has 2 rings (SSSR count). The molecule has 0 aromatic heterocycles. The monoisotopic (exact) mass is 277 g/mol. The molecule has 0 saturated carbocycles. The third kappa shape index (κ3) is 3.91. The molecular weight excluding hydrogens is 261 g/mol. The van der Waals surface area contributed by atoms with Crippen molar-refractivity contribution in [3.8, 4) is 0 Å². The quantitative estimate of drug-likeness (QED) is 0.680. The number of allylic oxidation sites excluding steroid dienone is 2. The molecule has 4 nitrogen and oxygen atoms in total. The Kier molecular flexibility index (Phi) is 4.87. The molecule has 1 N–H and O–H groups in total. The van der Waals surface area contributed by atoms with E-state index in [0.29, 0.717) is 6.42 Å². The SMILES string of the molecule is O=C(COC(=O)[C@H]1CC=CCC1)Nc1ccccc1F. The largest absolute Gasteiger partial charge is 0.455 e.